The van der Waals surface area contributed by atoms with Crippen LogP contribution in [0.1, 0.15) is 5.56 Å². The third-order valence-electron chi connectivity index (χ3n) is 5.56. The lowest BCUT2D eigenvalue weighted by molar-refractivity contribution is -0.124. The number of hydrogen-bond donors (Lipinski definition) is 1. The van der Waals surface area contributed by atoms with Gasteiger partial charge in [-0.05, 0) is 48.5 Å². The molecule has 2 aliphatic rings. The van der Waals surface area contributed by atoms with E-state index in [-0.39, 0.29) is 24.1 Å². The number of nitrogens with one attached hydrogen (secondary N) is 1. The van der Waals surface area contributed by atoms with Crippen LogP contribution in [0.2, 0.25) is 5.02 Å². The minimum atomic E-state index is -1.32. The first-order chi connectivity index (χ1) is 15.9. The van der Waals surface area contributed by atoms with Gasteiger partial charge in [0.2, 0.25) is 16.7 Å². The Balaban J connectivity index is 1.51. The number of amides is 3. The van der Waals surface area contributed by atoms with E-state index < -0.39 is 16.6 Å². The van der Waals surface area contributed by atoms with Crippen molar-refractivity contribution < 1.29 is 18.8 Å². The second-order valence-corrected chi connectivity index (χ2v) is 9.21. The molecule has 2 aliphatic heterocycles. The van der Waals surface area contributed by atoms with Crippen LogP contribution in [0.4, 0.5) is 21.5 Å². The summed E-state index contributed by atoms with van der Waals surface area (Å²) >= 11 is 7.40. The average molecular weight is 482 g/mol. The van der Waals surface area contributed by atoms with Crippen molar-refractivity contribution in [3.63, 3.8) is 0 Å². The molecular weight excluding hydrogens is 465 g/mol. The van der Waals surface area contributed by atoms with Gasteiger partial charge in [-0.25, -0.2) is 4.39 Å². The molecule has 0 bridgehead atoms. The Bertz CT molecular complexity index is 1290. The molecule has 1 saturated heterocycles. The van der Waals surface area contributed by atoms with Crippen LogP contribution in [0.25, 0.3) is 0 Å². The number of para-hydroxylation sites is 1. The van der Waals surface area contributed by atoms with Gasteiger partial charge in [0.05, 0.1) is 11.4 Å². The molecule has 1 unspecified atom stereocenters. The number of benzene rings is 3. The standard InChI is InChI=1S/C24H17ClFN3O3S/c25-15-4-3-5-18(12-15)29-22(31)14-33-24(29)19-6-1-2-7-20(19)28(23(24)32)13-21(30)27-17-10-8-16(26)9-11-17/h1-12H,13-14H2,(H,27,30). The lowest BCUT2D eigenvalue weighted by atomic mass is 10.0. The van der Waals surface area contributed by atoms with Crippen molar-refractivity contribution in [2.45, 2.75) is 4.87 Å². The maximum absolute atomic E-state index is 13.9. The molecule has 0 aromatic heterocycles. The van der Waals surface area contributed by atoms with E-state index in [2.05, 4.69) is 5.32 Å². The fourth-order valence-electron chi connectivity index (χ4n) is 4.20. The molecule has 2 heterocycles. The van der Waals surface area contributed by atoms with Crippen LogP contribution in [0.3, 0.4) is 0 Å². The van der Waals surface area contributed by atoms with E-state index in [1.807, 2.05) is 0 Å². The number of rotatable bonds is 4. The van der Waals surface area contributed by atoms with Gasteiger partial charge in [0, 0.05) is 22.0 Å². The highest BCUT2D eigenvalue weighted by Gasteiger charge is 2.61. The summed E-state index contributed by atoms with van der Waals surface area (Å²) < 4.78 is 13.2. The van der Waals surface area contributed by atoms with Gasteiger partial charge in [0.15, 0.2) is 0 Å². The maximum Gasteiger partial charge on any atom is 0.269 e. The zero-order valence-corrected chi connectivity index (χ0v) is 18.7. The zero-order chi connectivity index (χ0) is 23.2. The quantitative estimate of drug-likeness (QED) is 0.599. The lowest BCUT2D eigenvalue weighted by Crippen LogP contribution is -2.50. The summed E-state index contributed by atoms with van der Waals surface area (Å²) in [5.74, 6) is -1.34. The van der Waals surface area contributed by atoms with E-state index >= 15 is 0 Å². The molecule has 1 fully saturated rings. The van der Waals surface area contributed by atoms with E-state index in [1.165, 1.54) is 45.8 Å². The summed E-state index contributed by atoms with van der Waals surface area (Å²) in [6.07, 6.45) is 0. The number of nitrogens with zero attached hydrogens (tertiary/aromatic N) is 2. The summed E-state index contributed by atoms with van der Waals surface area (Å²) in [7, 11) is 0. The fourth-order valence-corrected chi connectivity index (χ4v) is 5.75. The Kier molecular flexibility index (Phi) is 5.34. The molecule has 0 saturated carbocycles. The summed E-state index contributed by atoms with van der Waals surface area (Å²) in [6.45, 7) is -0.257. The Labute approximate surface area is 198 Å². The first kappa shape index (κ1) is 21.5. The molecule has 0 aliphatic carbocycles. The predicted octanol–water partition coefficient (Wildman–Crippen LogP) is 4.40. The smallest absolute Gasteiger partial charge is 0.269 e. The van der Waals surface area contributed by atoms with Gasteiger partial charge in [0.1, 0.15) is 12.4 Å². The van der Waals surface area contributed by atoms with Crippen LogP contribution in [0.15, 0.2) is 72.8 Å². The predicted molar refractivity (Wildman–Crippen MR) is 127 cm³/mol. The number of carbonyl (C=O) groups excluding carboxylic acids is 3. The van der Waals surface area contributed by atoms with Crippen LogP contribution in [0.5, 0.6) is 0 Å². The van der Waals surface area contributed by atoms with Crippen LogP contribution in [-0.2, 0) is 19.3 Å². The number of thioether (sulfide) groups is 1. The van der Waals surface area contributed by atoms with Crippen LogP contribution < -0.4 is 15.1 Å². The number of hydrogen-bond acceptors (Lipinski definition) is 4. The molecule has 9 heteroatoms. The van der Waals surface area contributed by atoms with E-state index in [0.29, 0.717) is 27.6 Å². The number of carbonyl (C=O) groups is 3. The Morgan fingerprint density at radius 2 is 1.82 bits per heavy atom. The van der Waals surface area contributed by atoms with E-state index in [9.17, 15) is 18.8 Å². The maximum atomic E-state index is 13.9. The van der Waals surface area contributed by atoms with E-state index in [0.717, 1.165) is 0 Å². The largest absolute Gasteiger partial charge is 0.325 e. The van der Waals surface area contributed by atoms with Crippen molar-refractivity contribution >= 4 is 58.1 Å². The highest BCUT2D eigenvalue weighted by molar-refractivity contribution is 8.02. The number of halogens is 2. The first-order valence-corrected chi connectivity index (χ1v) is 11.5. The average Bonchev–Trinajstić information content (AvgIpc) is 3.26. The molecule has 33 heavy (non-hydrogen) atoms. The molecular formula is C24H17ClFN3O3S. The van der Waals surface area contributed by atoms with Gasteiger partial charge >= 0.3 is 0 Å². The van der Waals surface area contributed by atoms with Crippen molar-refractivity contribution in [3.8, 4) is 0 Å². The highest BCUT2D eigenvalue weighted by atomic mass is 35.5. The van der Waals surface area contributed by atoms with E-state index in [4.69, 9.17) is 11.6 Å². The van der Waals surface area contributed by atoms with Crippen LogP contribution in [-0.4, -0.2) is 30.0 Å². The lowest BCUT2D eigenvalue weighted by Gasteiger charge is -2.33. The SMILES string of the molecule is O=C(CN1C(=O)C2(SCC(=O)N2c2cccc(Cl)c2)c2ccccc21)Nc1ccc(F)cc1. The van der Waals surface area contributed by atoms with Gasteiger partial charge in [-0.2, -0.15) is 0 Å². The summed E-state index contributed by atoms with van der Waals surface area (Å²) in [6, 6.07) is 19.3. The molecule has 3 amide bonds. The molecule has 3 aromatic rings. The second kappa shape index (κ2) is 8.20. The fraction of sp³-hybridized carbons (Fsp3) is 0.125. The van der Waals surface area contributed by atoms with Gasteiger partial charge < -0.3 is 5.32 Å². The number of anilines is 3. The van der Waals surface area contributed by atoms with Crippen molar-refractivity contribution in [1.29, 1.82) is 0 Å². The normalized spacial score (nSPS) is 19.3. The molecule has 1 atom stereocenters. The van der Waals surface area contributed by atoms with Crippen LogP contribution in [0, 0.1) is 5.82 Å². The van der Waals surface area contributed by atoms with Crippen molar-refractivity contribution in [1.82, 2.24) is 0 Å². The van der Waals surface area contributed by atoms with Gasteiger partial charge in [-0.15, -0.1) is 11.8 Å². The Hall–Kier alpha value is -3.36. The molecule has 1 N–H and O–H groups in total. The zero-order valence-electron chi connectivity index (χ0n) is 17.1. The first-order valence-electron chi connectivity index (χ1n) is 10.1. The van der Waals surface area contributed by atoms with Crippen LogP contribution >= 0.6 is 23.4 Å². The minimum Gasteiger partial charge on any atom is -0.325 e. The van der Waals surface area contributed by atoms with Gasteiger partial charge in [-0.3, -0.25) is 24.2 Å². The summed E-state index contributed by atoms with van der Waals surface area (Å²) in [5.41, 5.74) is 2.13. The van der Waals surface area contributed by atoms with Crippen molar-refractivity contribution in [3.05, 3.63) is 89.2 Å². The van der Waals surface area contributed by atoms with E-state index in [1.54, 1.807) is 48.5 Å². The Morgan fingerprint density at radius 3 is 2.58 bits per heavy atom. The number of fused-ring (bicyclic) bond motifs is 2. The third kappa shape index (κ3) is 3.55. The molecule has 166 valence electrons. The van der Waals surface area contributed by atoms with Crippen molar-refractivity contribution in [2.24, 2.45) is 0 Å². The summed E-state index contributed by atoms with van der Waals surface area (Å²) in [5, 5.41) is 3.13. The monoisotopic (exact) mass is 481 g/mol. The topological polar surface area (TPSA) is 69.7 Å². The molecule has 3 aromatic carbocycles. The molecule has 6 nitrogen and oxygen atoms in total. The second-order valence-electron chi connectivity index (χ2n) is 7.61. The molecule has 5 rings (SSSR count). The van der Waals surface area contributed by atoms with Crippen molar-refractivity contribution in [2.75, 3.05) is 27.4 Å². The van der Waals surface area contributed by atoms with Gasteiger partial charge in [-0.1, -0.05) is 35.9 Å². The summed E-state index contributed by atoms with van der Waals surface area (Å²) in [4.78, 5) is 41.2. The highest BCUT2D eigenvalue weighted by Crippen LogP contribution is 2.55. The Morgan fingerprint density at radius 1 is 1.06 bits per heavy atom. The minimum absolute atomic E-state index is 0.113. The molecule has 0 radical (unpaired) electrons. The third-order valence-corrected chi connectivity index (χ3v) is 7.18. The molecule has 1 spiro atoms. The van der Waals surface area contributed by atoms with Gasteiger partial charge in [0.25, 0.3) is 5.91 Å².